The van der Waals surface area contributed by atoms with E-state index in [0.717, 1.165) is 0 Å². The van der Waals surface area contributed by atoms with Gasteiger partial charge in [-0.3, -0.25) is 10.2 Å². The average molecular weight is 417 g/mol. The van der Waals surface area contributed by atoms with Crippen LogP contribution >= 0.6 is 34.7 Å². The second-order valence-electron chi connectivity index (χ2n) is 5.31. The molecule has 4 rings (SSSR count). The fourth-order valence-corrected chi connectivity index (χ4v) is 3.77. The van der Waals surface area contributed by atoms with E-state index in [1.807, 2.05) is 0 Å². The Morgan fingerprint density at radius 1 is 1.33 bits per heavy atom. The van der Waals surface area contributed by atoms with E-state index in [4.69, 9.17) is 21.7 Å². The lowest BCUT2D eigenvalue weighted by Crippen LogP contribution is -2.35. The lowest BCUT2D eigenvalue weighted by Gasteiger charge is -2.20. The number of fused-ring (bicyclic) bond motifs is 1. The Bertz CT molecular complexity index is 1060. The minimum Gasteiger partial charge on any atom is -0.421 e. The van der Waals surface area contributed by atoms with E-state index < -0.39 is 11.9 Å². The molecule has 0 saturated heterocycles. The van der Waals surface area contributed by atoms with Crippen LogP contribution in [0.3, 0.4) is 0 Å². The maximum Gasteiger partial charge on any atom is 0.353 e. The molecule has 1 amide bonds. The lowest BCUT2D eigenvalue weighted by atomic mass is 10.1. The molecule has 1 aromatic heterocycles. The van der Waals surface area contributed by atoms with Gasteiger partial charge in [0.05, 0.1) is 16.1 Å². The van der Waals surface area contributed by atoms with Gasteiger partial charge in [-0.1, -0.05) is 23.7 Å². The monoisotopic (exact) mass is 416 g/mol. The zero-order valence-corrected chi connectivity index (χ0v) is 15.8. The highest BCUT2D eigenvalue weighted by molar-refractivity contribution is 8.25. The third kappa shape index (κ3) is 3.44. The van der Waals surface area contributed by atoms with E-state index in [1.54, 1.807) is 29.6 Å². The molecular weight excluding hydrogens is 408 g/mol. The van der Waals surface area contributed by atoms with Gasteiger partial charge >= 0.3 is 5.97 Å². The summed E-state index contributed by atoms with van der Waals surface area (Å²) in [5.74, 6) is -0.860. The van der Waals surface area contributed by atoms with Crippen molar-refractivity contribution >= 4 is 69.2 Å². The number of nitrogens with one attached hydrogen (secondary N) is 1. The van der Waals surface area contributed by atoms with E-state index >= 15 is 0 Å². The molecule has 0 aliphatic carbocycles. The Kier molecular flexibility index (Phi) is 4.65. The van der Waals surface area contributed by atoms with E-state index in [-0.39, 0.29) is 22.2 Å². The number of esters is 1. The number of benzene rings is 1. The van der Waals surface area contributed by atoms with Gasteiger partial charge < -0.3 is 4.74 Å². The number of thioether (sulfide) groups is 1. The third-order valence-corrected chi connectivity index (χ3v) is 5.41. The second-order valence-corrected chi connectivity index (χ2v) is 7.48. The van der Waals surface area contributed by atoms with Crippen molar-refractivity contribution in [2.24, 2.45) is 10.1 Å². The Balaban J connectivity index is 1.58. The van der Waals surface area contributed by atoms with Gasteiger partial charge in [-0.05, 0) is 47.0 Å². The Morgan fingerprint density at radius 2 is 2.19 bits per heavy atom. The average Bonchev–Trinajstić information content (AvgIpc) is 3.32. The number of aliphatic imine (C=N–C) groups is 1. The fourth-order valence-electron chi connectivity index (χ4n) is 2.34. The molecule has 3 heterocycles. The summed E-state index contributed by atoms with van der Waals surface area (Å²) >= 11 is 8.66. The summed E-state index contributed by atoms with van der Waals surface area (Å²) in [6.07, 6.45) is 1.50. The first-order valence-corrected chi connectivity index (χ1v) is 9.65. The number of ether oxygens (including phenoxy) is 1. The summed E-state index contributed by atoms with van der Waals surface area (Å²) in [6, 6.07) is 8.14. The van der Waals surface area contributed by atoms with Crippen molar-refractivity contribution in [1.82, 2.24) is 5.01 Å². The zero-order chi connectivity index (χ0) is 19.0. The van der Waals surface area contributed by atoms with Crippen LogP contribution in [0.1, 0.15) is 15.2 Å². The minimum absolute atomic E-state index is 0.0597. The first-order valence-electron chi connectivity index (χ1n) is 7.51. The number of hydrogen-bond acceptors (Lipinski definition) is 7. The SMILES string of the molecule is N=C1/C(=C/c2ccc(OC(=O)c3cccs3)c(Cl)c2)C(=O)N=C2SC=NN12. The molecule has 2 aliphatic heterocycles. The molecule has 0 unspecified atom stereocenters. The van der Waals surface area contributed by atoms with Gasteiger partial charge in [0.1, 0.15) is 10.6 Å². The number of amides is 1. The molecule has 0 bridgehead atoms. The molecule has 0 radical (unpaired) electrons. The Morgan fingerprint density at radius 3 is 2.93 bits per heavy atom. The van der Waals surface area contributed by atoms with Crippen LogP contribution in [0.4, 0.5) is 0 Å². The van der Waals surface area contributed by atoms with Gasteiger partial charge in [0.15, 0.2) is 11.0 Å². The molecule has 0 spiro atoms. The summed E-state index contributed by atoms with van der Waals surface area (Å²) < 4.78 is 5.29. The van der Waals surface area contributed by atoms with Crippen LogP contribution in [0, 0.1) is 5.41 Å². The first-order chi connectivity index (χ1) is 13.0. The van der Waals surface area contributed by atoms with E-state index in [0.29, 0.717) is 15.6 Å². The second kappa shape index (κ2) is 7.10. The summed E-state index contributed by atoms with van der Waals surface area (Å²) in [5, 5.41) is 15.8. The van der Waals surface area contributed by atoms with Gasteiger partial charge in [-0.25, -0.2) is 4.79 Å². The summed E-state index contributed by atoms with van der Waals surface area (Å²) in [4.78, 5) is 28.6. The molecule has 0 fully saturated rings. The summed E-state index contributed by atoms with van der Waals surface area (Å²) in [6.45, 7) is 0. The normalized spacial score (nSPS) is 17.3. The number of halogens is 1. The Labute approximate surface area is 166 Å². The highest BCUT2D eigenvalue weighted by atomic mass is 35.5. The Hall–Kier alpha value is -2.75. The van der Waals surface area contributed by atoms with Gasteiger partial charge in [0.2, 0.25) is 0 Å². The van der Waals surface area contributed by atoms with Crippen molar-refractivity contribution in [2.75, 3.05) is 0 Å². The van der Waals surface area contributed by atoms with Crippen molar-refractivity contribution < 1.29 is 14.3 Å². The zero-order valence-electron chi connectivity index (χ0n) is 13.4. The number of hydrazone groups is 1. The number of nitrogens with zero attached hydrogens (tertiary/aromatic N) is 3. The van der Waals surface area contributed by atoms with Crippen molar-refractivity contribution in [2.45, 2.75) is 0 Å². The van der Waals surface area contributed by atoms with Crippen LogP contribution in [-0.2, 0) is 4.79 Å². The number of carbonyl (C=O) groups excluding carboxylic acids is 2. The number of thiophene rings is 1. The van der Waals surface area contributed by atoms with Crippen LogP contribution in [0.2, 0.25) is 5.02 Å². The van der Waals surface area contributed by atoms with Crippen molar-refractivity contribution in [3.63, 3.8) is 0 Å². The number of carbonyl (C=O) groups is 2. The van der Waals surface area contributed by atoms with Gasteiger partial charge in [-0.15, -0.1) is 11.3 Å². The smallest absolute Gasteiger partial charge is 0.353 e. The van der Waals surface area contributed by atoms with Crippen molar-refractivity contribution in [3.05, 3.63) is 56.7 Å². The highest BCUT2D eigenvalue weighted by Gasteiger charge is 2.32. The van der Waals surface area contributed by atoms with Crippen LogP contribution in [0.15, 0.2) is 51.4 Å². The molecule has 1 aromatic carbocycles. The van der Waals surface area contributed by atoms with E-state index in [1.165, 1.54) is 45.8 Å². The molecule has 1 N–H and O–H groups in total. The molecule has 0 saturated carbocycles. The maximum absolute atomic E-state index is 12.2. The molecule has 7 nitrogen and oxygen atoms in total. The standard InChI is InChI=1S/C17H9ClN4O3S2/c18-11-7-9(3-4-12(11)25-16(24)13-2-1-5-26-13)6-10-14(19)22-17(21-15(10)23)27-8-20-22/h1-8,19H/b10-6-,19-14?. The van der Waals surface area contributed by atoms with Crippen LogP contribution in [0.5, 0.6) is 5.75 Å². The number of amidine groups is 2. The van der Waals surface area contributed by atoms with Gasteiger partial charge in [-0.2, -0.15) is 15.1 Å². The molecule has 2 aromatic rings. The quantitative estimate of drug-likeness (QED) is 0.465. The first kappa shape index (κ1) is 17.7. The molecule has 27 heavy (non-hydrogen) atoms. The summed E-state index contributed by atoms with van der Waals surface area (Å²) in [7, 11) is 0. The number of rotatable bonds is 3. The van der Waals surface area contributed by atoms with Gasteiger partial charge in [0.25, 0.3) is 5.91 Å². The van der Waals surface area contributed by atoms with Crippen molar-refractivity contribution in [3.8, 4) is 5.75 Å². The number of hydrogen-bond donors (Lipinski definition) is 1. The molecule has 134 valence electrons. The van der Waals surface area contributed by atoms with E-state index in [9.17, 15) is 9.59 Å². The van der Waals surface area contributed by atoms with Gasteiger partial charge in [0, 0.05) is 0 Å². The van der Waals surface area contributed by atoms with Crippen molar-refractivity contribution in [1.29, 1.82) is 5.41 Å². The fraction of sp³-hybridized carbons (Fsp3) is 0. The predicted molar refractivity (Wildman–Crippen MR) is 107 cm³/mol. The molecule has 0 atom stereocenters. The predicted octanol–water partition coefficient (Wildman–Crippen LogP) is 3.87. The molecular formula is C17H9ClN4O3S2. The van der Waals surface area contributed by atoms with E-state index in [2.05, 4.69) is 10.1 Å². The van der Waals surface area contributed by atoms with Crippen LogP contribution < -0.4 is 4.74 Å². The lowest BCUT2D eigenvalue weighted by molar-refractivity contribution is -0.114. The summed E-state index contributed by atoms with van der Waals surface area (Å²) in [5.41, 5.74) is 2.17. The molecule has 2 aliphatic rings. The largest absolute Gasteiger partial charge is 0.421 e. The topological polar surface area (TPSA) is 95.2 Å². The third-order valence-electron chi connectivity index (χ3n) is 3.59. The maximum atomic E-state index is 12.2. The highest BCUT2D eigenvalue weighted by Crippen LogP contribution is 2.29. The molecule has 10 heteroatoms. The van der Waals surface area contributed by atoms with Crippen LogP contribution in [0.25, 0.3) is 6.08 Å². The minimum atomic E-state index is -0.520. The van der Waals surface area contributed by atoms with Crippen LogP contribution in [-0.4, -0.2) is 33.4 Å².